The minimum atomic E-state index is -3.57. The number of likely N-dealkylation sites (tertiary alicyclic amines) is 3. The van der Waals surface area contributed by atoms with Crippen molar-refractivity contribution < 1.29 is 46.9 Å². The molecule has 1 aliphatic carbocycles. The van der Waals surface area contributed by atoms with Gasteiger partial charge in [0.15, 0.2) is 0 Å². The van der Waals surface area contributed by atoms with Crippen LogP contribution in [0.25, 0.3) is 11.0 Å². The number of nitro groups is 2. The van der Waals surface area contributed by atoms with E-state index in [1.165, 1.54) is 35.4 Å². The van der Waals surface area contributed by atoms with Gasteiger partial charge < -0.3 is 34.6 Å². The highest BCUT2D eigenvalue weighted by Crippen LogP contribution is 2.31. The van der Waals surface area contributed by atoms with Crippen LogP contribution in [0.4, 0.5) is 31.4 Å². The molecule has 3 saturated heterocycles. The van der Waals surface area contributed by atoms with Crippen LogP contribution in [0.5, 0.6) is 0 Å². The summed E-state index contributed by atoms with van der Waals surface area (Å²) in [5.41, 5.74) is 4.88. The van der Waals surface area contributed by atoms with Crippen molar-refractivity contribution in [3.8, 4) is 6.07 Å². The monoisotopic (exact) mass is 1260 g/mol. The lowest BCUT2D eigenvalue weighted by Crippen LogP contribution is -2.42. The average molecular weight is 1260 g/mol. The first kappa shape index (κ1) is 67.0. The van der Waals surface area contributed by atoms with Crippen LogP contribution in [0.3, 0.4) is 0 Å². The van der Waals surface area contributed by atoms with Gasteiger partial charge in [-0.2, -0.15) is 25.5 Å². The van der Waals surface area contributed by atoms with Crippen LogP contribution in [0, 0.1) is 31.6 Å². The molecule has 5 aromatic heterocycles. The molecule has 0 spiro atoms. The number of ether oxygens (including phenoxy) is 3. The first-order chi connectivity index (χ1) is 39.2. The lowest BCUT2D eigenvalue weighted by Gasteiger charge is -2.33. The molecule has 8 heterocycles. The van der Waals surface area contributed by atoms with Gasteiger partial charge >= 0.3 is 29.7 Å². The Morgan fingerprint density at radius 2 is 1.15 bits per heavy atom. The summed E-state index contributed by atoms with van der Waals surface area (Å²) in [6, 6.07) is 3.65. The molecule has 31 heteroatoms. The third-order valence-corrected chi connectivity index (χ3v) is 14.8. The SMILES string of the molecule is CC(C)(C)OC(=O)N1CCC(Br)CC1.CC(C)(C)OC(=O)N1CCC(n2cc(N)cn2)CC1.CC(C)(C)OC(=O)N1CCC(n2cc([N+](=O)[O-])cn2)CC1.CS(=O)(=O)c1ncc2cc(C#N)c(=O)n(C3CCCC3)c2n1.O=[N+]([O-])c1cn[nH]c1. The van der Waals surface area contributed by atoms with Gasteiger partial charge in [-0.3, -0.25) is 44.1 Å². The number of aromatic nitrogens is 9. The van der Waals surface area contributed by atoms with Gasteiger partial charge in [0.25, 0.3) is 5.56 Å². The minimum absolute atomic E-state index is 0.00926. The third-order valence-electron chi connectivity index (χ3n) is 13.1. The van der Waals surface area contributed by atoms with Crippen molar-refractivity contribution in [2.45, 2.75) is 171 Å². The predicted octanol–water partition coefficient (Wildman–Crippen LogP) is 8.68. The van der Waals surface area contributed by atoms with E-state index in [1.807, 2.05) is 79.3 Å². The Morgan fingerprint density at radius 1 is 0.702 bits per heavy atom. The second kappa shape index (κ2) is 29.2. The van der Waals surface area contributed by atoms with Gasteiger partial charge in [-0.1, -0.05) is 28.8 Å². The number of nitrogens with zero attached hydrogens (tertiary/aromatic N) is 14. The Morgan fingerprint density at radius 3 is 1.52 bits per heavy atom. The van der Waals surface area contributed by atoms with Crippen molar-refractivity contribution in [1.82, 2.24) is 59.0 Å². The molecule has 9 rings (SSSR count). The van der Waals surface area contributed by atoms with E-state index in [1.54, 1.807) is 25.6 Å². The molecule has 0 unspecified atom stereocenters. The molecule has 3 aliphatic heterocycles. The number of hydrogen-bond donors (Lipinski definition) is 2. The Balaban J connectivity index is 0.000000198. The van der Waals surface area contributed by atoms with Gasteiger partial charge in [0.2, 0.25) is 15.0 Å². The van der Waals surface area contributed by atoms with E-state index >= 15 is 0 Å². The summed E-state index contributed by atoms with van der Waals surface area (Å²) >= 11 is 3.55. The summed E-state index contributed by atoms with van der Waals surface area (Å²) in [6.45, 7) is 20.9. The lowest BCUT2D eigenvalue weighted by atomic mass is 10.1. The average Bonchev–Trinajstić information content (AvgIpc) is 1.73. The Hall–Kier alpha value is -7.75. The number of pyridine rings is 1. The number of amides is 3. The highest BCUT2D eigenvalue weighted by Gasteiger charge is 2.31. The van der Waals surface area contributed by atoms with Crippen LogP contribution in [0.1, 0.15) is 150 Å². The number of aromatic amines is 1. The van der Waals surface area contributed by atoms with Crippen molar-refractivity contribution >= 4 is 72.1 Å². The number of carbonyl (C=O) groups excluding carboxylic acids is 3. The van der Waals surface area contributed by atoms with Crippen LogP contribution in [0.15, 0.2) is 59.4 Å². The molecular formula is C53H77BrN16O13S. The number of nitriles is 1. The van der Waals surface area contributed by atoms with Crippen molar-refractivity contribution in [3.63, 3.8) is 0 Å². The number of nitrogen functional groups attached to an aromatic ring is 1. The van der Waals surface area contributed by atoms with E-state index in [9.17, 15) is 47.8 Å². The van der Waals surface area contributed by atoms with E-state index in [0.717, 1.165) is 76.9 Å². The van der Waals surface area contributed by atoms with Crippen LogP contribution in [-0.4, -0.2) is 163 Å². The van der Waals surface area contributed by atoms with Gasteiger partial charge in [-0.05, 0) is 120 Å². The smallest absolute Gasteiger partial charge is 0.410 e. The number of anilines is 1. The van der Waals surface area contributed by atoms with E-state index in [-0.39, 0.29) is 63.7 Å². The Bertz CT molecular complexity index is 3240. The highest BCUT2D eigenvalue weighted by molar-refractivity contribution is 9.09. The minimum Gasteiger partial charge on any atom is -0.444 e. The molecule has 4 aliphatic rings. The maximum atomic E-state index is 12.5. The molecule has 0 atom stereocenters. The summed E-state index contributed by atoms with van der Waals surface area (Å²) in [6.07, 6.45) is 19.0. The van der Waals surface area contributed by atoms with Gasteiger partial charge in [0.1, 0.15) is 52.7 Å². The summed E-state index contributed by atoms with van der Waals surface area (Å²) in [5, 5.41) is 43.7. The molecular weight excluding hydrogens is 1180 g/mol. The second-order valence-corrected chi connectivity index (χ2v) is 26.6. The van der Waals surface area contributed by atoms with Crippen LogP contribution in [0.2, 0.25) is 0 Å². The first-order valence-corrected chi connectivity index (χ1v) is 30.2. The number of sulfone groups is 1. The number of nitrogens with one attached hydrogen (secondary N) is 1. The quantitative estimate of drug-likeness (QED) is 0.0527. The molecule has 0 radical (unpaired) electrons. The summed E-state index contributed by atoms with van der Waals surface area (Å²) < 4.78 is 44.3. The zero-order valence-electron chi connectivity index (χ0n) is 49.2. The topological polar surface area (TPSA) is 371 Å². The van der Waals surface area contributed by atoms with Gasteiger partial charge in [-0.25, -0.2) is 27.8 Å². The number of piperidine rings is 3. The molecule has 84 heavy (non-hydrogen) atoms. The number of rotatable bonds is 6. The van der Waals surface area contributed by atoms with E-state index in [2.05, 4.69) is 46.3 Å². The third kappa shape index (κ3) is 20.8. The molecule has 5 aromatic rings. The maximum Gasteiger partial charge on any atom is 0.410 e. The first-order valence-electron chi connectivity index (χ1n) is 27.4. The van der Waals surface area contributed by atoms with E-state index < -0.39 is 36.4 Å². The van der Waals surface area contributed by atoms with Gasteiger partial charge in [-0.15, -0.1) is 0 Å². The lowest BCUT2D eigenvalue weighted by molar-refractivity contribution is -0.385. The van der Waals surface area contributed by atoms with Gasteiger partial charge in [0, 0.05) is 74.2 Å². The molecule has 1 saturated carbocycles. The number of nitrogens with two attached hydrogens (primary N) is 1. The number of fused-ring (bicyclic) bond motifs is 1. The molecule has 29 nitrogen and oxygen atoms in total. The fraction of sp³-hybridized carbons (Fsp3) is 0.623. The predicted molar refractivity (Wildman–Crippen MR) is 312 cm³/mol. The molecule has 0 aromatic carbocycles. The van der Waals surface area contributed by atoms with Crippen molar-refractivity contribution in [3.05, 3.63) is 85.6 Å². The maximum absolute atomic E-state index is 12.5. The number of hydrogen-bond acceptors (Lipinski definition) is 20. The molecule has 3 amide bonds. The van der Waals surface area contributed by atoms with Gasteiger partial charge in [0.05, 0.1) is 40.0 Å². The Labute approximate surface area is 495 Å². The van der Waals surface area contributed by atoms with Crippen molar-refractivity contribution in [2.75, 3.05) is 51.3 Å². The molecule has 0 bridgehead atoms. The summed E-state index contributed by atoms with van der Waals surface area (Å²) in [4.78, 5) is 81.1. The largest absolute Gasteiger partial charge is 0.444 e. The number of H-pyrrole nitrogens is 1. The molecule has 3 N–H and O–H groups in total. The molecule has 460 valence electrons. The molecule has 4 fully saturated rings. The fourth-order valence-electron chi connectivity index (χ4n) is 9.02. The second-order valence-electron chi connectivity index (χ2n) is 23.4. The highest BCUT2D eigenvalue weighted by atomic mass is 79.9. The van der Waals surface area contributed by atoms with Crippen LogP contribution in [-0.2, 0) is 24.0 Å². The van der Waals surface area contributed by atoms with Crippen LogP contribution < -0.4 is 11.3 Å². The van der Waals surface area contributed by atoms with E-state index in [4.69, 9.17) is 25.2 Å². The number of alkyl halides is 1. The Kier molecular flexibility index (Phi) is 23.3. The van der Waals surface area contributed by atoms with Crippen LogP contribution >= 0.6 is 15.9 Å². The number of halogens is 1. The number of carbonyl (C=O) groups is 3. The zero-order valence-corrected chi connectivity index (χ0v) is 51.6. The van der Waals surface area contributed by atoms with Crippen molar-refractivity contribution in [1.29, 1.82) is 5.26 Å². The standard InChI is InChI=1S/C14H14N4O3S.C13H20N4O4.C13H22N4O2.C10H18BrNO2.C3H3N3O2/c1-22(20,21)14-16-8-10-6-9(7-15)13(19)18(12(10)17-14)11-4-2-3-5-11;1-13(2,3)21-12(18)15-6-4-10(5-7-15)16-9-11(8-14-16)17(19)20;1-13(2,3)19-12(18)16-6-4-11(5-7-16)17-9-10(14)8-15-17;1-10(2,3)14-9(13)12-6-4-8(11)5-7-12;7-6(8)3-1-4-5-2-3/h6,8,11H,2-5H2,1H3;8-10H,4-7H2,1-3H3;8-9,11H,4-7,14H2,1-3H3;8H,4-7H2,1-3H3;1-2H,(H,4,5). The van der Waals surface area contributed by atoms with Crippen molar-refractivity contribution in [2.24, 2.45) is 0 Å². The summed E-state index contributed by atoms with van der Waals surface area (Å²) in [7, 11) is -3.57. The normalized spacial score (nSPS) is 16.5. The summed E-state index contributed by atoms with van der Waals surface area (Å²) in [5.74, 6) is 0. The fourth-order valence-corrected chi connectivity index (χ4v) is 9.92. The zero-order chi connectivity index (χ0) is 62.3. The van der Waals surface area contributed by atoms with E-state index in [0.29, 0.717) is 61.0 Å².